The Kier molecular flexibility index (Phi) is 4.16. The molecule has 5 aromatic rings. The average molecular weight is 430 g/mol. The number of rotatable bonds is 2. The number of hydrogen-bond donors (Lipinski definition) is 0. The van der Waals surface area contributed by atoms with Crippen molar-refractivity contribution in [2.24, 2.45) is 7.05 Å². The molecule has 2 aromatic carbocycles. The van der Waals surface area contributed by atoms with Crippen LogP contribution in [0.5, 0.6) is 5.75 Å². The molecular weight excluding hydrogens is 412 g/mol. The van der Waals surface area contributed by atoms with E-state index < -0.39 is 22.9 Å². The summed E-state index contributed by atoms with van der Waals surface area (Å²) in [6, 6.07) is 15.6. The summed E-state index contributed by atoms with van der Waals surface area (Å²) in [5.74, 6) is -0.173. The smallest absolute Gasteiger partial charge is 0.408 e. The third-order valence-corrected chi connectivity index (χ3v) is 5.50. The van der Waals surface area contributed by atoms with Gasteiger partial charge in [0.1, 0.15) is 11.0 Å². The van der Waals surface area contributed by atoms with Gasteiger partial charge in [-0.2, -0.15) is 0 Å². The summed E-state index contributed by atoms with van der Waals surface area (Å²) in [7, 11) is 4.34. The Labute approximate surface area is 180 Å². The molecule has 9 nitrogen and oxygen atoms in total. The van der Waals surface area contributed by atoms with Crippen LogP contribution in [-0.4, -0.2) is 38.5 Å². The Bertz CT molecular complexity index is 1710. The number of fused-ring (bicyclic) bond motifs is 3. The van der Waals surface area contributed by atoms with Gasteiger partial charge in [-0.3, -0.25) is 18.6 Å². The van der Waals surface area contributed by atoms with Gasteiger partial charge in [0.15, 0.2) is 5.75 Å². The number of carbonyl (C=O) groups excluding carboxylic acids is 1. The first-order valence-electron chi connectivity index (χ1n) is 9.82. The van der Waals surface area contributed by atoms with Gasteiger partial charge in [0.25, 0.3) is 11.1 Å². The van der Waals surface area contributed by atoms with Gasteiger partial charge in [-0.25, -0.2) is 14.0 Å². The zero-order chi connectivity index (χ0) is 22.7. The number of nitrogens with zero attached hydrogens (tertiary/aromatic N) is 4. The van der Waals surface area contributed by atoms with E-state index in [-0.39, 0.29) is 22.3 Å². The minimum Gasteiger partial charge on any atom is -0.408 e. The molecule has 0 bridgehead atoms. The van der Waals surface area contributed by atoms with Gasteiger partial charge in [0.05, 0.1) is 16.6 Å². The summed E-state index contributed by atoms with van der Waals surface area (Å²) in [5, 5.41) is -0.0306. The molecule has 9 heteroatoms. The maximum absolute atomic E-state index is 13.8. The maximum Gasteiger partial charge on any atom is 0.414 e. The molecule has 0 fully saturated rings. The first kappa shape index (κ1) is 19.6. The zero-order valence-electron chi connectivity index (χ0n) is 17.5. The quantitative estimate of drug-likeness (QED) is 0.427. The highest BCUT2D eigenvalue weighted by Gasteiger charge is 2.28. The molecular formula is C23H18N4O5. The maximum atomic E-state index is 13.8. The Morgan fingerprint density at radius 2 is 1.44 bits per heavy atom. The molecule has 0 unspecified atom stereocenters. The highest BCUT2D eigenvalue weighted by molar-refractivity contribution is 5.97. The van der Waals surface area contributed by atoms with Gasteiger partial charge in [-0.05, 0) is 17.7 Å². The molecule has 0 saturated carbocycles. The predicted octanol–water partition coefficient (Wildman–Crippen LogP) is 1.93. The second-order valence-corrected chi connectivity index (χ2v) is 7.64. The van der Waals surface area contributed by atoms with Crippen LogP contribution in [0.3, 0.4) is 0 Å². The predicted molar refractivity (Wildman–Crippen MR) is 120 cm³/mol. The summed E-state index contributed by atoms with van der Waals surface area (Å²) >= 11 is 0. The van der Waals surface area contributed by atoms with Crippen molar-refractivity contribution in [1.29, 1.82) is 0 Å². The second-order valence-electron chi connectivity index (χ2n) is 7.64. The molecule has 0 N–H and O–H groups in total. The number of pyridine rings is 1. The molecule has 0 radical (unpaired) electrons. The molecule has 3 aromatic heterocycles. The van der Waals surface area contributed by atoms with Crippen molar-refractivity contribution in [1.82, 2.24) is 18.3 Å². The Hall–Kier alpha value is -4.40. The number of hydrogen-bond acceptors (Lipinski definition) is 5. The number of amides is 1. The lowest BCUT2D eigenvalue weighted by Crippen LogP contribution is -2.37. The summed E-state index contributed by atoms with van der Waals surface area (Å²) in [4.78, 5) is 53.9. The van der Waals surface area contributed by atoms with Crippen LogP contribution in [0.15, 0.2) is 69.0 Å². The standard InChI is InChI=1S/C23H18N4O5/c1-24(2)23(31)32-18-16(13-9-5-4-6-10-13)21(29)26-14-11-7-8-12-15(14)27-19(26)17(18)20(28)25(3)22(27)30/h4-12H,1-3H3. The van der Waals surface area contributed by atoms with Crippen molar-refractivity contribution in [3.8, 4) is 16.9 Å². The highest BCUT2D eigenvalue weighted by atomic mass is 16.6. The fourth-order valence-corrected chi connectivity index (χ4v) is 3.97. The number of benzene rings is 2. The van der Waals surface area contributed by atoms with E-state index in [4.69, 9.17) is 4.74 Å². The third kappa shape index (κ3) is 2.51. The van der Waals surface area contributed by atoms with Gasteiger partial charge in [0.2, 0.25) is 0 Å². The Morgan fingerprint density at radius 3 is 2.06 bits per heavy atom. The fraction of sp³-hybridized carbons (Fsp3) is 0.130. The van der Waals surface area contributed by atoms with Crippen molar-refractivity contribution in [3.05, 3.63) is 85.8 Å². The minimum atomic E-state index is -0.753. The average Bonchev–Trinajstić information content (AvgIpc) is 3.13. The molecule has 0 saturated heterocycles. The molecule has 1 amide bonds. The van der Waals surface area contributed by atoms with Crippen LogP contribution >= 0.6 is 0 Å². The normalized spacial score (nSPS) is 11.5. The molecule has 0 atom stereocenters. The molecule has 0 spiro atoms. The summed E-state index contributed by atoms with van der Waals surface area (Å²) in [6.07, 6.45) is -0.753. The number of ether oxygens (including phenoxy) is 1. The van der Waals surface area contributed by atoms with Crippen molar-refractivity contribution >= 4 is 28.2 Å². The Balaban J connectivity index is 2.14. The van der Waals surface area contributed by atoms with Crippen LogP contribution in [-0.2, 0) is 7.05 Å². The van der Waals surface area contributed by atoms with Crippen molar-refractivity contribution < 1.29 is 9.53 Å². The number of imidazole rings is 1. The zero-order valence-corrected chi connectivity index (χ0v) is 17.5. The van der Waals surface area contributed by atoms with E-state index >= 15 is 0 Å². The molecule has 5 rings (SSSR count). The van der Waals surface area contributed by atoms with Crippen molar-refractivity contribution in [3.63, 3.8) is 0 Å². The van der Waals surface area contributed by atoms with Crippen molar-refractivity contribution in [2.75, 3.05) is 14.1 Å². The lowest BCUT2D eigenvalue weighted by molar-refractivity contribution is 0.172. The van der Waals surface area contributed by atoms with Crippen LogP contribution in [0.4, 0.5) is 4.79 Å². The topological polar surface area (TPSA) is 94.5 Å². The van der Waals surface area contributed by atoms with Gasteiger partial charge < -0.3 is 9.64 Å². The first-order valence-corrected chi connectivity index (χ1v) is 9.82. The van der Waals surface area contributed by atoms with Gasteiger partial charge in [-0.15, -0.1) is 0 Å². The van der Waals surface area contributed by atoms with E-state index in [0.29, 0.717) is 16.6 Å². The monoisotopic (exact) mass is 430 g/mol. The third-order valence-electron chi connectivity index (χ3n) is 5.50. The molecule has 160 valence electrons. The lowest BCUT2D eigenvalue weighted by atomic mass is 10.0. The summed E-state index contributed by atoms with van der Waals surface area (Å²) in [5.41, 5.74) is -0.221. The van der Waals surface area contributed by atoms with Crippen LogP contribution in [0.2, 0.25) is 0 Å². The molecule has 32 heavy (non-hydrogen) atoms. The molecule has 0 aliphatic heterocycles. The van der Waals surface area contributed by atoms with Gasteiger partial charge in [0, 0.05) is 21.1 Å². The van der Waals surface area contributed by atoms with E-state index in [9.17, 15) is 19.2 Å². The largest absolute Gasteiger partial charge is 0.414 e. The lowest BCUT2D eigenvalue weighted by Gasteiger charge is -2.16. The summed E-state index contributed by atoms with van der Waals surface area (Å²) in [6.45, 7) is 0. The van der Waals surface area contributed by atoms with E-state index in [0.717, 1.165) is 4.57 Å². The van der Waals surface area contributed by atoms with Crippen LogP contribution in [0.25, 0.3) is 33.2 Å². The van der Waals surface area contributed by atoms with Crippen LogP contribution in [0.1, 0.15) is 0 Å². The van der Waals surface area contributed by atoms with E-state index in [2.05, 4.69) is 0 Å². The molecule has 0 aliphatic carbocycles. The van der Waals surface area contributed by atoms with Gasteiger partial charge >= 0.3 is 11.8 Å². The van der Waals surface area contributed by atoms with Crippen molar-refractivity contribution in [2.45, 2.75) is 0 Å². The number of para-hydroxylation sites is 2. The molecule has 0 aliphatic rings. The number of aromatic nitrogens is 3. The SMILES string of the molecule is CN(C)C(=O)Oc1c(-c2ccccc2)c(=O)n2c3ccccc3n3c(=O)n(C)c(=O)c1c23. The Morgan fingerprint density at radius 1 is 0.844 bits per heavy atom. The van der Waals surface area contributed by atoms with E-state index in [1.54, 1.807) is 54.6 Å². The first-order chi connectivity index (χ1) is 15.3. The van der Waals surface area contributed by atoms with E-state index in [1.807, 2.05) is 0 Å². The fourth-order valence-electron chi connectivity index (χ4n) is 3.97. The molecule has 3 heterocycles. The highest BCUT2D eigenvalue weighted by Crippen LogP contribution is 2.34. The second kappa shape index (κ2) is 6.81. The number of carbonyl (C=O) groups is 1. The van der Waals surface area contributed by atoms with Crippen LogP contribution in [0, 0.1) is 0 Å². The van der Waals surface area contributed by atoms with Crippen LogP contribution < -0.4 is 21.5 Å². The summed E-state index contributed by atoms with van der Waals surface area (Å²) < 4.78 is 9.20. The minimum absolute atomic E-state index is 0.0306. The van der Waals surface area contributed by atoms with Gasteiger partial charge in [-0.1, -0.05) is 42.5 Å². The van der Waals surface area contributed by atoms with E-state index in [1.165, 1.54) is 34.8 Å².